The number of rotatable bonds is 10. The standard InChI is InChI=1S/2C45H27N3O2/c1-4-12-28(13-5-1)33-18-11-21-39-41(33)36-20-10-19-34(42(36)50-39)31-23-25-38-37(26-31)35-24-22-32(27-40(35)49-38)45-47-43(29-14-6-2-7-15-29)46-44(48-45)30-16-8-3-9-17-30;1-4-11-28(12-5-1)31-20-23-40-38(25-31)36-18-10-17-34(42(36)50-40)32-21-24-39-37(26-32)35-22-19-33(27-41(35)49-39)45-47-43(29-13-6-2-7-14-29)46-44(48-45)30-15-8-3-9-16-30/h2*1-27H. The van der Waals surface area contributed by atoms with E-state index in [1.54, 1.807) is 0 Å². The predicted molar refractivity (Wildman–Crippen MR) is 403 cm³/mol. The van der Waals surface area contributed by atoms with Crippen LogP contribution in [-0.4, -0.2) is 29.9 Å². The molecule has 14 aromatic carbocycles. The fraction of sp³-hybridized carbons (Fsp3) is 0. The van der Waals surface area contributed by atoms with Crippen LogP contribution in [-0.2, 0) is 0 Å². The molecule has 0 amide bonds. The lowest BCUT2D eigenvalue weighted by molar-refractivity contribution is 0.668. The van der Waals surface area contributed by atoms with Crippen molar-refractivity contribution in [3.05, 3.63) is 328 Å². The van der Waals surface area contributed by atoms with Gasteiger partial charge in [-0.05, 0) is 100 Å². The second kappa shape index (κ2) is 24.2. The van der Waals surface area contributed by atoms with Gasteiger partial charge in [0.15, 0.2) is 34.9 Å². The van der Waals surface area contributed by atoms with E-state index in [4.69, 9.17) is 47.6 Å². The van der Waals surface area contributed by atoms with E-state index >= 15 is 0 Å². The maximum Gasteiger partial charge on any atom is 0.164 e. The van der Waals surface area contributed by atoms with Crippen LogP contribution in [0.2, 0.25) is 0 Å². The molecule has 0 aliphatic heterocycles. The Labute approximate surface area is 572 Å². The van der Waals surface area contributed by atoms with Crippen molar-refractivity contribution in [2.24, 2.45) is 0 Å². The monoisotopic (exact) mass is 1280 g/mol. The van der Waals surface area contributed by atoms with Crippen LogP contribution >= 0.6 is 0 Å². The Morgan fingerprint density at radius 3 is 0.950 bits per heavy atom. The van der Waals surface area contributed by atoms with E-state index in [0.717, 1.165) is 149 Å². The Bertz CT molecular complexity index is 6400. The Morgan fingerprint density at radius 1 is 0.160 bits per heavy atom. The third-order valence-electron chi connectivity index (χ3n) is 18.7. The molecule has 20 rings (SSSR count). The Morgan fingerprint density at radius 2 is 0.490 bits per heavy atom. The van der Waals surface area contributed by atoms with Crippen molar-refractivity contribution < 1.29 is 17.7 Å². The molecule has 0 spiro atoms. The second-order valence-corrected chi connectivity index (χ2v) is 24.8. The lowest BCUT2D eigenvalue weighted by atomic mass is 9.97. The van der Waals surface area contributed by atoms with Crippen LogP contribution in [0.25, 0.3) is 201 Å². The summed E-state index contributed by atoms with van der Waals surface area (Å²) >= 11 is 0. The smallest absolute Gasteiger partial charge is 0.164 e. The minimum atomic E-state index is 0.590. The van der Waals surface area contributed by atoms with Crippen LogP contribution < -0.4 is 0 Å². The SMILES string of the molecule is c1ccc(-c2ccc3oc4c(-c5ccc6oc7cc(-c8nc(-c9ccccc9)nc(-c9ccccc9)n8)ccc7c6c5)cccc4c3c2)cc1.c1ccc(-c2nc(-c3ccccc3)nc(-c3ccc4c(c3)oc3ccc(-c5cccc6c5oc5cccc(-c7ccccc7)c56)cc34)n2)cc1. The largest absolute Gasteiger partial charge is 0.456 e. The maximum absolute atomic E-state index is 6.59. The number of benzene rings is 14. The molecule has 0 fully saturated rings. The average molecular weight is 1280 g/mol. The molecular weight excluding hydrogens is 1230 g/mol. The van der Waals surface area contributed by atoms with Crippen LogP contribution in [0.5, 0.6) is 0 Å². The van der Waals surface area contributed by atoms with Crippen LogP contribution in [0.15, 0.2) is 345 Å². The molecule has 468 valence electrons. The van der Waals surface area contributed by atoms with Crippen molar-refractivity contribution in [1.29, 1.82) is 0 Å². The molecule has 0 saturated carbocycles. The van der Waals surface area contributed by atoms with Gasteiger partial charge in [0.25, 0.3) is 0 Å². The van der Waals surface area contributed by atoms with Gasteiger partial charge in [-0.15, -0.1) is 0 Å². The van der Waals surface area contributed by atoms with Gasteiger partial charge in [-0.2, -0.15) is 0 Å². The number of hydrogen-bond donors (Lipinski definition) is 0. The summed E-state index contributed by atoms with van der Waals surface area (Å²) in [5.74, 6) is 3.68. The summed E-state index contributed by atoms with van der Waals surface area (Å²) < 4.78 is 26.0. The highest BCUT2D eigenvalue weighted by atomic mass is 16.3. The number of nitrogens with zero attached hydrogens (tertiary/aromatic N) is 6. The van der Waals surface area contributed by atoms with Gasteiger partial charge < -0.3 is 17.7 Å². The van der Waals surface area contributed by atoms with Gasteiger partial charge >= 0.3 is 0 Å². The van der Waals surface area contributed by atoms with Crippen LogP contribution in [0.1, 0.15) is 0 Å². The molecule has 0 aliphatic carbocycles. The molecule has 0 saturated heterocycles. The zero-order chi connectivity index (χ0) is 66.0. The summed E-state index contributed by atoms with van der Waals surface area (Å²) in [5, 5.41) is 8.54. The first kappa shape index (κ1) is 57.7. The second-order valence-electron chi connectivity index (χ2n) is 24.8. The summed E-state index contributed by atoms with van der Waals surface area (Å²) in [7, 11) is 0. The quantitative estimate of drug-likeness (QED) is 0.130. The van der Waals surface area contributed by atoms with Gasteiger partial charge in [0, 0.05) is 87.6 Å². The highest BCUT2D eigenvalue weighted by Crippen LogP contribution is 2.44. The molecule has 0 unspecified atom stereocenters. The van der Waals surface area contributed by atoms with Gasteiger partial charge in [0.2, 0.25) is 0 Å². The van der Waals surface area contributed by atoms with Gasteiger partial charge in [-0.3, -0.25) is 0 Å². The van der Waals surface area contributed by atoms with Crippen molar-refractivity contribution >= 4 is 87.8 Å². The lowest BCUT2D eigenvalue weighted by Crippen LogP contribution is -2.00. The van der Waals surface area contributed by atoms with Gasteiger partial charge in [-0.1, -0.05) is 261 Å². The Hall–Kier alpha value is -13.7. The molecule has 10 heteroatoms. The van der Waals surface area contributed by atoms with Gasteiger partial charge in [0.05, 0.1) is 0 Å². The van der Waals surface area contributed by atoms with Crippen LogP contribution in [0.4, 0.5) is 0 Å². The molecule has 6 heterocycles. The normalized spacial score (nSPS) is 11.6. The summed E-state index contributed by atoms with van der Waals surface area (Å²) in [6.07, 6.45) is 0. The van der Waals surface area contributed by atoms with Gasteiger partial charge in [-0.25, -0.2) is 29.9 Å². The maximum atomic E-state index is 6.59. The van der Waals surface area contributed by atoms with Crippen LogP contribution in [0.3, 0.4) is 0 Å². The Balaban J connectivity index is 0.000000139. The van der Waals surface area contributed by atoms with E-state index in [1.807, 2.05) is 164 Å². The van der Waals surface area contributed by atoms with E-state index in [1.165, 1.54) is 16.7 Å². The number of hydrogen-bond acceptors (Lipinski definition) is 10. The molecule has 20 aromatic rings. The third kappa shape index (κ3) is 10.4. The number of para-hydroxylation sites is 2. The van der Waals surface area contributed by atoms with Crippen molar-refractivity contribution in [2.45, 2.75) is 0 Å². The first-order chi connectivity index (χ1) is 49.5. The van der Waals surface area contributed by atoms with Crippen LogP contribution in [0, 0.1) is 0 Å². The predicted octanol–water partition coefficient (Wildman–Crippen LogP) is 24.0. The van der Waals surface area contributed by atoms with Crippen molar-refractivity contribution in [1.82, 2.24) is 29.9 Å². The van der Waals surface area contributed by atoms with E-state index in [2.05, 4.69) is 164 Å². The average Bonchev–Trinajstić information content (AvgIpc) is 1.59. The molecule has 0 radical (unpaired) electrons. The summed E-state index contributed by atoms with van der Waals surface area (Å²) in [6.45, 7) is 0. The fourth-order valence-corrected chi connectivity index (χ4v) is 13.8. The highest BCUT2D eigenvalue weighted by Gasteiger charge is 2.22. The molecule has 0 aliphatic rings. The first-order valence-corrected chi connectivity index (χ1v) is 33.2. The topological polar surface area (TPSA) is 130 Å². The van der Waals surface area contributed by atoms with Crippen molar-refractivity contribution in [2.75, 3.05) is 0 Å². The minimum Gasteiger partial charge on any atom is -0.456 e. The molecular formula is C90H54N6O4. The fourth-order valence-electron chi connectivity index (χ4n) is 13.8. The zero-order valence-electron chi connectivity index (χ0n) is 53.5. The van der Waals surface area contributed by atoms with Crippen molar-refractivity contribution in [3.63, 3.8) is 0 Å². The molecule has 0 atom stereocenters. The summed E-state index contributed by atoms with van der Waals surface area (Å²) in [6, 6.07) is 111. The zero-order valence-corrected chi connectivity index (χ0v) is 53.5. The van der Waals surface area contributed by atoms with E-state index < -0.39 is 0 Å². The summed E-state index contributed by atoms with van der Waals surface area (Å²) in [5.41, 5.74) is 21.0. The van der Waals surface area contributed by atoms with E-state index in [-0.39, 0.29) is 0 Å². The number of aromatic nitrogens is 6. The number of fused-ring (bicyclic) bond motifs is 12. The van der Waals surface area contributed by atoms with E-state index in [9.17, 15) is 0 Å². The highest BCUT2D eigenvalue weighted by molar-refractivity contribution is 6.17. The van der Waals surface area contributed by atoms with E-state index in [0.29, 0.717) is 34.9 Å². The molecule has 100 heavy (non-hydrogen) atoms. The third-order valence-corrected chi connectivity index (χ3v) is 18.7. The minimum absolute atomic E-state index is 0.590. The Kier molecular flexibility index (Phi) is 14.0. The van der Waals surface area contributed by atoms with Gasteiger partial charge in [0.1, 0.15) is 44.7 Å². The lowest BCUT2D eigenvalue weighted by Gasteiger charge is -2.08. The molecule has 6 aromatic heterocycles. The molecule has 0 bridgehead atoms. The molecule has 0 N–H and O–H groups in total. The first-order valence-electron chi connectivity index (χ1n) is 33.2. The molecule has 10 nitrogen and oxygen atoms in total. The number of furan rings is 4. The summed E-state index contributed by atoms with van der Waals surface area (Å²) in [4.78, 5) is 29.3. The van der Waals surface area contributed by atoms with Crippen molar-refractivity contribution in [3.8, 4) is 113 Å².